The van der Waals surface area contributed by atoms with Gasteiger partial charge >= 0.3 is 0 Å². The molecule has 28 heavy (non-hydrogen) atoms. The van der Waals surface area contributed by atoms with Crippen LogP contribution >= 0.6 is 0 Å². The first-order valence-corrected chi connectivity index (χ1v) is 9.12. The molecule has 6 nitrogen and oxygen atoms in total. The number of hydrogen-bond acceptors (Lipinski definition) is 4. The van der Waals surface area contributed by atoms with E-state index in [9.17, 15) is 13.6 Å². The molecule has 0 atom stereocenters. The minimum Gasteiger partial charge on any atom is -0.379 e. The second-order valence-corrected chi connectivity index (χ2v) is 6.62. The number of ether oxygens (including phenoxy) is 1. The van der Waals surface area contributed by atoms with Gasteiger partial charge in [0.15, 0.2) is 0 Å². The Morgan fingerprint density at radius 1 is 1.14 bits per heavy atom. The highest BCUT2D eigenvalue weighted by Crippen LogP contribution is 2.22. The number of aromatic nitrogens is 2. The molecule has 0 radical (unpaired) electrons. The molecule has 0 aliphatic carbocycles. The van der Waals surface area contributed by atoms with Gasteiger partial charge in [0.25, 0.3) is 5.91 Å². The highest BCUT2D eigenvalue weighted by Gasteiger charge is 2.14. The Morgan fingerprint density at radius 2 is 1.96 bits per heavy atom. The Kier molecular flexibility index (Phi) is 5.31. The van der Waals surface area contributed by atoms with Gasteiger partial charge in [-0.05, 0) is 30.3 Å². The molecule has 8 heteroatoms. The molecule has 3 aromatic rings. The summed E-state index contributed by atoms with van der Waals surface area (Å²) in [5.74, 6) is -1.50. The fourth-order valence-corrected chi connectivity index (χ4v) is 3.28. The second-order valence-electron chi connectivity index (χ2n) is 6.62. The zero-order valence-corrected chi connectivity index (χ0v) is 15.2. The zero-order chi connectivity index (χ0) is 19.5. The smallest absolute Gasteiger partial charge is 0.251 e. The van der Waals surface area contributed by atoms with Crippen LogP contribution in [0.2, 0.25) is 0 Å². The van der Waals surface area contributed by atoms with Gasteiger partial charge in [-0.2, -0.15) is 0 Å². The van der Waals surface area contributed by atoms with Crippen molar-refractivity contribution in [2.45, 2.75) is 0 Å². The van der Waals surface area contributed by atoms with E-state index in [2.05, 4.69) is 15.2 Å². The van der Waals surface area contributed by atoms with E-state index in [1.54, 1.807) is 18.2 Å². The second kappa shape index (κ2) is 8.04. The molecule has 1 aliphatic heterocycles. The van der Waals surface area contributed by atoms with Gasteiger partial charge in [-0.15, -0.1) is 0 Å². The van der Waals surface area contributed by atoms with Gasteiger partial charge in [0, 0.05) is 37.8 Å². The van der Waals surface area contributed by atoms with Crippen LogP contribution in [0.5, 0.6) is 0 Å². The van der Waals surface area contributed by atoms with Crippen LogP contribution in [-0.4, -0.2) is 59.8 Å². The Hall–Kier alpha value is -2.84. The number of amides is 1. The Bertz CT molecular complexity index is 999. The largest absolute Gasteiger partial charge is 0.379 e. The minimum atomic E-state index is -0.677. The van der Waals surface area contributed by atoms with Crippen molar-refractivity contribution in [3.05, 3.63) is 59.9 Å². The number of imidazole rings is 1. The van der Waals surface area contributed by atoms with Crippen LogP contribution in [0.1, 0.15) is 10.4 Å². The molecule has 0 unspecified atom stereocenters. The SMILES string of the molecule is O=C(NCCN1CCOCC1)c1ccc2c(c1)ncn2-c1ccc(F)cc1F. The maximum Gasteiger partial charge on any atom is 0.251 e. The fraction of sp³-hybridized carbons (Fsp3) is 0.300. The normalized spacial score (nSPS) is 15.1. The highest BCUT2D eigenvalue weighted by molar-refractivity contribution is 5.97. The number of carbonyl (C=O) groups excluding carboxylic acids is 1. The van der Waals surface area contributed by atoms with Crippen LogP contribution in [0.15, 0.2) is 42.7 Å². The average molecular weight is 386 g/mol. The van der Waals surface area contributed by atoms with Crippen LogP contribution in [0.3, 0.4) is 0 Å². The number of hydrogen-bond donors (Lipinski definition) is 1. The Morgan fingerprint density at radius 3 is 2.75 bits per heavy atom. The lowest BCUT2D eigenvalue weighted by atomic mass is 10.2. The lowest BCUT2D eigenvalue weighted by Gasteiger charge is -2.26. The molecule has 1 amide bonds. The standard InChI is InChI=1S/C20H20F2N4O2/c21-15-2-4-18(16(22)12-15)26-13-24-17-11-14(1-3-19(17)26)20(27)23-5-6-25-7-9-28-10-8-25/h1-4,11-13H,5-10H2,(H,23,27). The van der Waals surface area contributed by atoms with Crippen molar-refractivity contribution in [1.29, 1.82) is 0 Å². The third-order valence-corrected chi connectivity index (χ3v) is 4.80. The number of nitrogens with one attached hydrogen (secondary N) is 1. The van der Waals surface area contributed by atoms with E-state index in [1.165, 1.54) is 23.0 Å². The molecule has 0 bridgehead atoms. The number of benzene rings is 2. The Labute approximate surface area is 160 Å². The maximum absolute atomic E-state index is 14.1. The van der Waals surface area contributed by atoms with E-state index in [0.717, 1.165) is 38.9 Å². The summed E-state index contributed by atoms with van der Waals surface area (Å²) in [4.78, 5) is 18.9. The lowest BCUT2D eigenvalue weighted by Crippen LogP contribution is -2.41. The van der Waals surface area contributed by atoms with Crippen molar-refractivity contribution in [3.63, 3.8) is 0 Å². The number of nitrogens with zero attached hydrogens (tertiary/aromatic N) is 3. The first kappa shape index (κ1) is 18.5. The van der Waals surface area contributed by atoms with E-state index < -0.39 is 11.6 Å². The topological polar surface area (TPSA) is 59.4 Å². The predicted molar refractivity (Wildman–Crippen MR) is 101 cm³/mol. The third kappa shape index (κ3) is 3.88. The fourth-order valence-electron chi connectivity index (χ4n) is 3.28. The molecule has 0 spiro atoms. The van der Waals surface area contributed by atoms with E-state index >= 15 is 0 Å². The molecule has 146 valence electrons. The molecule has 2 aromatic carbocycles. The van der Waals surface area contributed by atoms with Gasteiger partial charge < -0.3 is 10.1 Å². The predicted octanol–water partition coefficient (Wildman–Crippen LogP) is 2.37. The highest BCUT2D eigenvalue weighted by atomic mass is 19.1. The van der Waals surface area contributed by atoms with Gasteiger partial charge in [-0.3, -0.25) is 14.3 Å². The van der Waals surface area contributed by atoms with E-state index in [0.29, 0.717) is 23.1 Å². The first-order valence-electron chi connectivity index (χ1n) is 9.12. The third-order valence-electron chi connectivity index (χ3n) is 4.80. The van der Waals surface area contributed by atoms with Crippen LogP contribution < -0.4 is 5.32 Å². The van der Waals surface area contributed by atoms with Crippen LogP contribution in [-0.2, 0) is 4.74 Å². The molecular formula is C20H20F2N4O2. The number of halogens is 2. The minimum absolute atomic E-state index is 0.183. The molecule has 1 aliphatic rings. The monoisotopic (exact) mass is 386 g/mol. The van der Waals surface area contributed by atoms with Crippen LogP contribution in [0.25, 0.3) is 16.7 Å². The molecule has 1 fully saturated rings. The van der Waals surface area contributed by atoms with Gasteiger partial charge in [-0.1, -0.05) is 0 Å². The summed E-state index contributed by atoms with van der Waals surface area (Å²) >= 11 is 0. The van der Waals surface area contributed by atoms with Crippen molar-refractivity contribution >= 4 is 16.9 Å². The molecular weight excluding hydrogens is 366 g/mol. The molecule has 4 rings (SSSR count). The first-order chi connectivity index (χ1) is 13.6. The zero-order valence-electron chi connectivity index (χ0n) is 15.2. The average Bonchev–Trinajstić information content (AvgIpc) is 3.12. The molecule has 1 saturated heterocycles. The van der Waals surface area contributed by atoms with Gasteiger partial charge in [0.2, 0.25) is 0 Å². The van der Waals surface area contributed by atoms with Crippen molar-refractivity contribution in [3.8, 4) is 5.69 Å². The Balaban J connectivity index is 1.47. The summed E-state index contributed by atoms with van der Waals surface area (Å²) < 4.78 is 34.1. The molecule has 2 heterocycles. The van der Waals surface area contributed by atoms with Crippen molar-refractivity contribution < 1.29 is 18.3 Å². The summed E-state index contributed by atoms with van der Waals surface area (Å²) in [7, 11) is 0. The van der Waals surface area contributed by atoms with E-state index in [4.69, 9.17) is 4.74 Å². The molecule has 1 N–H and O–H groups in total. The van der Waals surface area contributed by atoms with Crippen LogP contribution in [0.4, 0.5) is 8.78 Å². The quantitative estimate of drug-likeness (QED) is 0.732. The number of carbonyl (C=O) groups is 1. The van der Waals surface area contributed by atoms with Crippen LogP contribution in [0, 0.1) is 11.6 Å². The van der Waals surface area contributed by atoms with Crippen molar-refractivity contribution in [1.82, 2.24) is 19.8 Å². The lowest BCUT2D eigenvalue weighted by molar-refractivity contribution is 0.0383. The van der Waals surface area contributed by atoms with Gasteiger partial charge in [0.05, 0.1) is 29.9 Å². The summed E-state index contributed by atoms with van der Waals surface area (Å²) in [6.45, 7) is 4.52. The number of morpholine rings is 1. The number of fused-ring (bicyclic) bond motifs is 1. The van der Waals surface area contributed by atoms with E-state index in [-0.39, 0.29) is 11.6 Å². The van der Waals surface area contributed by atoms with Crippen molar-refractivity contribution in [2.24, 2.45) is 0 Å². The van der Waals surface area contributed by atoms with E-state index in [1.807, 2.05) is 0 Å². The van der Waals surface area contributed by atoms with Gasteiger partial charge in [-0.25, -0.2) is 13.8 Å². The maximum atomic E-state index is 14.1. The summed E-state index contributed by atoms with van der Waals surface area (Å²) in [5, 5.41) is 2.91. The molecule has 1 aromatic heterocycles. The van der Waals surface area contributed by atoms with Gasteiger partial charge in [0.1, 0.15) is 18.0 Å². The summed E-state index contributed by atoms with van der Waals surface area (Å²) in [5.41, 5.74) is 1.88. The summed E-state index contributed by atoms with van der Waals surface area (Å²) in [6, 6.07) is 8.43. The van der Waals surface area contributed by atoms with Crippen molar-refractivity contribution in [2.75, 3.05) is 39.4 Å². The summed E-state index contributed by atoms with van der Waals surface area (Å²) in [6.07, 6.45) is 1.46. The molecule has 0 saturated carbocycles. The number of rotatable bonds is 5.